The Morgan fingerprint density at radius 1 is 0.909 bits per heavy atom. The maximum Gasteiger partial charge on any atom is 0.301 e. The molecule has 5 fully saturated rings. The molecule has 2 aromatic carbocycles. The highest BCUT2D eigenvalue weighted by molar-refractivity contribution is 6.33. The summed E-state index contributed by atoms with van der Waals surface area (Å²) >= 11 is 6.68. The van der Waals surface area contributed by atoms with Gasteiger partial charge in [-0.05, 0) is 112 Å². The fourth-order valence-electron chi connectivity index (χ4n) is 11.4. The van der Waals surface area contributed by atoms with E-state index in [1.54, 1.807) is 19.3 Å². The molecule has 1 spiro atoms. The van der Waals surface area contributed by atoms with Gasteiger partial charge in [0.25, 0.3) is 5.56 Å². The molecular weight excluding hydrogens is 868 g/mol. The molecule has 0 bridgehead atoms. The third-order valence-corrected chi connectivity index (χ3v) is 15.8. The van der Waals surface area contributed by atoms with Crippen molar-refractivity contribution in [2.24, 2.45) is 31.3 Å². The summed E-state index contributed by atoms with van der Waals surface area (Å²) in [5.41, 5.74) is 4.30. The third-order valence-electron chi connectivity index (χ3n) is 15.5. The molecule has 0 radical (unpaired) electrons. The van der Waals surface area contributed by atoms with Crippen LogP contribution in [0, 0.1) is 17.3 Å². The Morgan fingerprint density at radius 2 is 1.67 bits per heavy atom. The molecule has 11 rings (SSSR count). The van der Waals surface area contributed by atoms with Crippen molar-refractivity contribution in [3.63, 3.8) is 0 Å². The SMILES string of the molecule is Cn1nc(C2CCC(=O)NC2=O)c2cccc(N3CCC(CN4CCC5(CC4)CCN(c4ncc(Cl)c(Nc6ccc7c(c6)c6c(c(=O)n7C)OCC(F)(F)C(C7CC7)N6)n4)CC5)CC3)c21. The standard InChI is InChI=1S/C48H56ClF2N11O4/c1-58-35-10-8-30(24-33(35)39-41(45(58)65)66-27-48(50,51)42(55-39)29-6-7-29)53-43-34(49)25-52-46(56-43)62-22-16-47(17-23-62)14-20-60(21-15-47)26-28-12-18-61(19-13-28)36-5-3-4-31-38(57-59(2)40(31)36)32-9-11-37(63)54-44(32)64/h3-5,8,10,24-25,28-29,32,42,55H,6-7,9,11-23,26-27H2,1-2H3,(H,52,53,56)(H,54,63,64). The smallest absolute Gasteiger partial charge is 0.301 e. The Kier molecular flexibility index (Phi) is 10.9. The second-order valence-corrected chi connectivity index (χ2v) is 20.1. The molecule has 5 aromatic rings. The van der Waals surface area contributed by atoms with Crippen LogP contribution in [0.25, 0.3) is 21.8 Å². The Bertz CT molecular complexity index is 2790. The summed E-state index contributed by atoms with van der Waals surface area (Å²) in [7, 11) is 3.56. The first-order chi connectivity index (χ1) is 31.8. The number of para-hydroxylation sites is 1. The van der Waals surface area contributed by atoms with E-state index in [2.05, 4.69) is 47.8 Å². The number of carbonyl (C=O) groups is 2. The normalized spacial score (nSPS) is 23.7. The van der Waals surface area contributed by atoms with Crippen molar-refractivity contribution in [3.8, 4) is 5.75 Å². The van der Waals surface area contributed by atoms with E-state index in [1.807, 2.05) is 29.9 Å². The molecule has 6 aliphatic rings. The van der Waals surface area contributed by atoms with E-state index >= 15 is 8.78 Å². The Hall–Kier alpha value is -5.55. The summed E-state index contributed by atoms with van der Waals surface area (Å²) in [6.07, 6.45) is 10.6. The van der Waals surface area contributed by atoms with Crippen molar-refractivity contribution < 1.29 is 23.1 Å². The van der Waals surface area contributed by atoms with Gasteiger partial charge in [-0.1, -0.05) is 23.7 Å². The number of amides is 2. The minimum Gasteiger partial charge on any atom is -0.480 e. The summed E-state index contributed by atoms with van der Waals surface area (Å²) in [6.45, 7) is 6.15. The quantitative estimate of drug-likeness (QED) is 0.138. The van der Waals surface area contributed by atoms with Crippen LogP contribution < -0.4 is 36.0 Å². The lowest BCUT2D eigenvalue weighted by atomic mass is 9.71. The zero-order valence-electron chi connectivity index (χ0n) is 37.4. The monoisotopic (exact) mass is 923 g/mol. The molecule has 15 nitrogen and oxygen atoms in total. The Labute approximate surface area is 386 Å². The lowest BCUT2D eigenvalue weighted by Gasteiger charge is -2.47. The van der Waals surface area contributed by atoms with Gasteiger partial charge < -0.3 is 34.6 Å². The van der Waals surface area contributed by atoms with Gasteiger partial charge in [0.1, 0.15) is 5.02 Å². The van der Waals surface area contributed by atoms with Gasteiger partial charge in [0.05, 0.1) is 46.3 Å². The molecule has 5 aliphatic heterocycles. The van der Waals surface area contributed by atoms with Gasteiger partial charge in [-0.3, -0.25) is 24.4 Å². The zero-order valence-corrected chi connectivity index (χ0v) is 38.2. The summed E-state index contributed by atoms with van der Waals surface area (Å²) in [6, 6.07) is 10.6. The summed E-state index contributed by atoms with van der Waals surface area (Å²) in [5, 5.41) is 15.6. The van der Waals surface area contributed by atoms with Crippen LogP contribution in [0.4, 0.5) is 37.6 Å². The first-order valence-corrected chi connectivity index (χ1v) is 24.0. The third kappa shape index (κ3) is 7.88. The molecule has 2 unspecified atom stereocenters. The predicted octanol–water partition coefficient (Wildman–Crippen LogP) is 6.95. The molecule has 18 heteroatoms. The number of aryl methyl sites for hydroxylation is 2. The molecule has 2 amide bonds. The van der Waals surface area contributed by atoms with E-state index in [4.69, 9.17) is 26.4 Å². The first-order valence-electron chi connectivity index (χ1n) is 23.6. The number of ether oxygens (including phenoxy) is 1. The molecule has 4 saturated heterocycles. The Balaban J connectivity index is 0.696. The lowest BCUT2D eigenvalue weighted by Crippen LogP contribution is -2.48. The number of alkyl halides is 2. The van der Waals surface area contributed by atoms with Crippen LogP contribution >= 0.6 is 11.6 Å². The number of imide groups is 1. The molecule has 66 heavy (non-hydrogen) atoms. The minimum atomic E-state index is -3.13. The van der Waals surface area contributed by atoms with Crippen LogP contribution in [0.15, 0.2) is 47.4 Å². The molecule has 2 atom stereocenters. The first kappa shape index (κ1) is 43.0. The van der Waals surface area contributed by atoms with Crippen LogP contribution in [0.2, 0.25) is 5.02 Å². The van der Waals surface area contributed by atoms with Crippen LogP contribution in [0.5, 0.6) is 5.75 Å². The molecule has 1 saturated carbocycles. The number of rotatable bonds is 8. The van der Waals surface area contributed by atoms with Crippen molar-refractivity contribution in [3.05, 3.63) is 63.7 Å². The number of halogens is 3. The van der Waals surface area contributed by atoms with E-state index in [-0.39, 0.29) is 29.2 Å². The molecule has 348 valence electrons. The fraction of sp³-hybridized carbons (Fsp3) is 0.542. The number of likely N-dealkylation sites (tertiary alicyclic amines) is 1. The van der Waals surface area contributed by atoms with Crippen molar-refractivity contribution in [2.75, 3.05) is 72.9 Å². The van der Waals surface area contributed by atoms with Crippen molar-refractivity contribution in [1.82, 2.24) is 34.5 Å². The van der Waals surface area contributed by atoms with Gasteiger partial charge >= 0.3 is 5.92 Å². The van der Waals surface area contributed by atoms with Crippen LogP contribution in [-0.4, -0.2) is 105 Å². The van der Waals surface area contributed by atoms with Crippen LogP contribution in [0.1, 0.15) is 75.8 Å². The second kappa shape index (κ2) is 16.6. The Morgan fingerprint density at radius 3 is 2.41 bits per heavy atom. The molecule has 3 N–H and O–H groups in total. The topological polar surface area (TPSA) is 155 Å². The zero-order chi connectivity index (χ0) is 45.5. The number of fused-ring (bicyclic) bond motifs is 4. The highest BCUT2D eigenvalue weighted by Crippen LogP contribution is 2.47. The molecular formula is C48H56ClF2N11O4. The number of hydrogen-bond acceptors (Lipinski definition) is 12. The fourth-order valence-corrected chi connectivity index (χ4v) is 11.6. The van der Waals surface area contributed by atoms with E-state index in [0.717, 1.165) is 93.8 Å². The summed E-state index contributed by atoms with van der Waals surface area (Å²) in [5.74, 6) is -2.60. The highest BCUT2D eigenvalue weighted by Gasteiger charge is 2.51. The number of nitrogens with one attached hydrogen (secondary N) is 3. The number of carbonyl (C=O) groups excluding carboxylic acids is 2. The number of anilines is 5. The maximum atomic E-state index is 15.2. The predicted molar refractivity (Wildman–Crippen MR) is 250 cm³/mol. The van der Waals surface area contributed by atoms with Gasteiger partial charge in [0, 0.05) is 69.7 Å². The largest absolute Gasteiger partial charge is 0.480 e. The van der Waals surface area contributed by atoms with Crippen molar-refractivity contribution in [2.45, 2.75) is 82.1 Å². The highest BCUT2D eigenvalue weighted by atomic mass is 35.5. The number of nitrogens with zero attached hydrogens (tertiary/aromatic N) is 8. The average molecular weight is 924 g/mol. The molecule has 8 heterocycles. The number of pyridine rings is 1. The number of benzene rings is 2. The van der Waals surface area contributed by atoms with Gasteiger partial charge in [-0.15, -0.1) is 0 Å². The number of piperidine rings is 4. The van der Waals surface area contributed by atoms with Gasteiger partial charge in [0.2, 0.25) is 23.5 Å². The van der Waals surface area contributed by atoms with Crippen molar-refractivity contribution in [1.29, 1.82) is 0 Å². The maximum absolute atomic E-state index is 15.2. The van der Waals surface area contributed by atoms with Gasteiger partial charge in [-0.2, -0.15) is 10.1 Å². The van der Waals surface area contributed by atoms with E-state index < -0.39 is 30.0 Å². The van der Waals surface area contributed by atoms with E-state index in [1.165, 1.54) is 17.4 Å². The van der Waals surface area contributed by atoms with Crippen LogP contribution in [0.3, 0.4) is 0 Å². The minimum absolute atomic E-state index is 0.0976. The van der Waals surface area contributed by atoms with Gasteiger partial charge in [0.15, 0.2) is 12.4 Å². The summed E-state index contributed by atoms with van der Waals surface area (Å²) < 4.78 is 39.3. The molecule has 1 aliphatic carbocycles. The van der Waals surface area contributed by atoms with E-state index in [9.17, 15) is 14.4 Å². The molecule has 3 aromatic heterocycles. The van der Waals surface area contributed by atoms with Crippen molar-refractivity contribution >= 4 is 74.0 Å². The number of hydrogen-bond donors (Lipinski definition) is 3. The number of aromatic nitrogens is 5. The van der Waals surface area contributed by atoms with E-state index in [0.29, 0.717) is 70.4 Å². The van der Waals surface area contributed by atoms with Gasteiger partial charge in [-0.25, -0.2) is 13.8 Å². The average Bonchev–Trinajstić information content (AvgIpc) is 4.12. The lowest BCUT2D eigenvalue weighted by molar-refractivity contribution is -0.134. The van der Waals surface area contributed by atoms with Crippen LogP contribution in [-0.2, 0) is 23.7 Å². The summed E-state index contributed by atoms with van der Waals surface area (Å²) in [4.78, 5) is 54.7. The second-order valence-electron chi connectivity index (χ2n) is 19.7.